The summed E-state index contributed by atoms with van der Waals surface area (Å²) in [6.07, 6.45) is 5.51. The van der Waals surface area contributed by atoms with Gasteiger partial charge in [0, 0.05) is 23.1 Å². The van der Waals surface area contributed by atoms with Crippen molar-refractivity contribution in [1.29, 1.82) is 0 Å². The molecule has 0 spiro atoms. The summed E-state index contributed by atoms with van der Waals surface area (Å²) in [5.74, 6) is 0.763. The van der Waals surface area contributed by atoms with Crippen molar-refractivity contribution in [3.05, 3.63) is 84.4 Å². The molecule has 1 aliphatic carbocycles. The number of nitrogens with zero attached hydrogens (tertiary/aromatic N) is 2. The molecule has 0 radical (unpaired) electrons. The number of rotatable bonds is 5. The third-order valence-corrected chi connectivity index (χ3v) is 6.03. The molecule has 30 heavy (non-hydrogen) atoms. The number of aromatic nitrogens is 2. The van der Waals surface area contributed by atoms with Crippen LogP contribution in [0.3, 0.4) is 0 Å². The highest BCUT2D eigenvalue weighted by molar-refractivity contribution is 5.99. The molecule has 1 saturated carbocycles. The van der Waals surface area contributed by atoms with E-state index in [0.29, 0.717) is 12.3 Å². The van der Waals surface area contributed by atoms with Crippen LogP contribution >= 0.6 is 0 Å². The molecule has 4 aromatic rings. The Labute approximate surface area is 176 Å². The topological polar surface area (TPSA) is 42.9 Å². The van der Waals surface area contributed by atoms with Crippen LogP contribution in [0.2, 0.25) is 0 Å². The summed E-state index contributed by atoms with van der Waals surface area (Å²) in [5, 5.41) is 0. The van der Waals surface area contributed by atoms with Gasteiger partial charge in [-0.15, -0.1) is 0 Å². The average Bonchev–Trinajstić information content (AvgIpc) is 3.32. The fraction of sp³-hybridized carbons (Fsp3) is 0.222. The van der Waals surface area contributed by atoms with Gasteiger partial charge in [0.15, 0.2) is 5.78 Å². The van der Waals surface area contributed by atoms with E-state index in [1.807, 2.05) is 54.6 Å². The first kappa shape index (κ1) is 18.7. The van der Waals surface area contributed by atoms with Crippen molar-refractivity contribution in [2.75, 3.05) is 0 Å². The second kappa shape index (κ2) is 8.19. The zero-order valence-corrected chi connectivity index (χ0v) is 16.9. The van der Waals surface area contributed by atoms with E-state index in [2.05, 4.69) is 24.3 Å². The third kappa shape index (κ3) is 3.76. The van der Waals surface area contributed by atoms with Crippen molar-refractivity contribution in [1.82, 2.24) is 9.97 Å². The molecule has 5 rings (SSSR count). The molecule has 0 aliphatic heterocycles. The number of Topliss-reactive ketones (excluding diaryl/α,β-unsaturated/α-hetero) is 1. The largest absolute Gasteiger partial charge is 0.294 e. The summed E-state index contributed by atoms with van der Waals surface area (Å²) < 4.78 is 0. The van der Waals surface area contributed by atoms with Gasteiger partial charge in [-0.3, -0.25) is 4.79 Å². The number of hydrogen-bond acceptors (Lipinski definition) is 3. The van der Waals surface area contributed by atoms with Crippen molar-refractivity contribution in [2.24, 2.45) is 5.92 Å². The standard InChI is InChI=1S/C27H24N2O/c30-25(17-19-9-7-8-10-19)22-15-16-23-24(18-22)29-27(21-13-5-2-6-14-21)26(28-23)20-11-3-1-4-12-20/h1-6,11-16,18-19H,7-10,17H2. The van der Waals surface area contributed by atoms with Crippen LogP contribution in [0.1, 0.15) is 42.5 Å². The van der Waals surface area contributed by atoms with Crippen LogP contribution in [-0.4, -0.2) is 15.8 Å². The Hall–Kier alpha value is -3.33. The molecule has 1 fully saturated rings. The summed E-state index contributed by atoms with van der Waals surface area (Å²) in [6, 6.07) is 26.0. The molecule has 0 N–H and O–H groups in total. The van der Waals surface area contributed by atoms with Crippen molar-refractivity contribution in [3.8, 4) is 22.5 Å². The lowest BCUT2D eigenvalue weighted by Crippen LogP contribution is -2.06. The van der Waals surface area contributed by atoms with Crippen molar-refractivity contribution in [3.63, 3.8) is 0 Å². The summed E-state index contributed by atoms with van der Waals surface area (Å²) in [7, 11) is 0. The van der Waals surface area contributed by atoms with Gasteiger partial charge < -0.3 is 0 Å². The van der Waals surface area contributed by atoms with Gasteiger partial charge in [-0.2, -0.15) is 0 Å². The lowest BCUT2D eigenvalue weighted by atomic mass is 9.96. The molecule has 0 atom stereocenters. The maximum atomic E-state index is 12.8. The van der Waals surface area contributed by atoms with Crippen LogP contribution in [0.15, 0.2) is 78.9 Å². The predicted molar refractivity (Wildman–Crippen MR) is 121 cm³/mol. The summed E-state index contributed by atoms with van der Waals surface area (Å²) in [6.45, 7) is 0. The minimum atomic E-state index is 0.221. The Morgan fingerprint density at radius 3 is 1.90 bits per heavy atom. The van der Waals surface area contributed by atoms with Gasteiger partial charge in [0.25, 0.3) is 0 Å². The van der Waals surface area contributed by atoms with E-state index in [9.17, 15) is 4.79 Å². The first-order valence-corrected chi connectivity index (χ1v) is 10.7. The minimum absolute atomic E-state index is 0.221. The molecule has 3 aromatic carbocycles. The van der Waals surface area contributed by atoms with Gasteiger partial charge in [-0.1, -0.05) is 86.3 Å². The van der Waals surface area contributed by atoms with Gasteiger partial charge in [0.05, 0.1) is 22.4 Å². The molecule has 148 valence electrons. The van der Waals surface area contributed by atoms with E-state index in [-0.39, 0.29) is 5.78 Å². The van der Waals surface area contributed by atoms with E-state index in [1.165, 1.54) is 25.7 Å². The molecule has 3 heteroatoms. The van der Waals surface area contributed by atoms with E-state index in [1.54, 1.807) is 0 Å². The van der Waals surface area contributed by atoms with Crippen LogP contribution in [0.25, 0.3) is 33.5 Å². The van der Waals surface area contributed by atoms with Gasteiger partial charge in [-0.25, -0.2) is 9.97 Å². The van der Waals surface area contributed by atoms with Crippen molar-refractivity contribution >= 4 is 16.8 Å². The molecule has 1 heterocycles. The van der Waals surface area contributed by atoms with Crippen molar-refractivity contribution < 1.29 is 4.79 Å². The first-order chi connectivity index (χ1) is 14.8. The van der Waals surface area contributed by atoms with Gasteiger partial charge in [-0.05, 0) is 24.1 Å². The molecule has 0 saturated heterocycles. The third-order valence-electron chi connectivity index (χ3n) is 6.03. The molecule has 3 nitrogen and oxygen atoms in total. The second-order valence-corrected chi connectivity index (χ2v) is 8.13. The Kier molecular flexibility index (Phi) is 5.10. The number of hydrogen-bond donors (Lipinski definition) is 0. The molecule has 0 unspecified atom stereocenters. The summed E-state index contributed by atoms with van der Waals surface area (Å²) in [4.78, 5) is 22.8. The van der Waals surface area contributed by atoms with E-state index < -0.39 is 0 Å². The van der Waals surface area contributed by atoms with Crippen LogP contribution in [0, 0.1) is 5.92 Å². The van der Waals surface area contributed by atoms with Crippen LogP contribution in [0.5, 0.6) is 0 Å². The molecular formula is C27H24N2O. The van der Waals surface area contributed by atoms with E-state index >= 15 is 0 Å². The monoisotopic (exact) mass is 392 g/mol. The van der Waals surface area contributed by atoms with E-state index in [0.717, 1.165) is 39.1 Å². The van der Waals surface area contributed by atoms with Gasteiger partial charge in [0.1, 0.15) is 0 Å². The highest BCUT2D eigenvalue weighted by Crippen LogP contribution is 2.32. The quantitative estimate of drug-likeness (QED) is 0.354. The zero-order valence-electron chi connectivity index (χ0n) is 16.9. The maximum absolute atomic E-state index is 12.8. The summed E-state index contributed by atoms with van der Waals surface area (Å²) >= 11 is 0. The highest BCUT2D eigenvalue weighted by Gasteiger charge is 2.20. The zero-order chi connectivity index (χ0) is 20.3. The molecule has 1 aromatic heterocycles. The molecular weight excluding hydrogens is 368 g/mol. The van der Waals surface area contributed by atoms with Crippen molar-refractivity contribution in [2.45, 2.75) is 32.1 Å². The molecule has 0 amide bonds. The van der Waals surface area contributed by atoms with Crippen LogP contribution < -0.4 is 0 Å². The molecule has 1 aliphatic rings. The second-order valence-electron chi connectivity index (χ2n) is 8.13. The Balaban J connectivity index is 1.60. The lowest BCUT2D eigenvalue weighted by Gasteiger charge is -2.12. The van der Waals surface area contributed by atoms with Gasteiger partial charge in [0.2, 0.25) is 0 Å². The SMILES string of the molecule is O=C(CC1CCCC1)c1ccc2nc(-c3ccccc3)c(-c3ccccc3)nc2c1. The molecule has 0 bridgehead atoms. The number of carbonyl (C=O) groups excluding carboxylic acids is 1. The first-order valence-electron chi connectivity index (χ1n) is 10.7. The Morgan fingerprint density at radius 1 is 0.733 bits per heavy atom. The van der Waals surface area contributed by atoms with Gasteiger partial charge >= 0.3 is 0 Å². The predicted octanol–water partition coefficient (Wildman–Crippen LogP) is 6.73. The number of benzene rings is 3. The average molecular weight is 393 g/mol. The minimum Gasteiger partial charge on any atom is -0.294 e. The summed E-state index contributed by atoms with van der Waals surface area (Å²) in [5.41, 5.74) is 6.08. The Bertz CT molecular complexity index is 1180. The maximum Gasteiger partial charge on any atom is 0.163 e. The normalized spacial score (nSPS) is 14.3. The fourth-order valence-electron chi connectivity index (χ4n) is 4.42. The van der Waals surface area contributed by atoms with E-state index in [4.69, 9.17) is 9.97 Å². The van der Waals surface area contributed by atoms with Crippen LogP contribution in [-0.2, 0) is 0 Å². The Morgan fingerprint density at radius 2 is 1.30 bits per heavy atom. The lowest BCUT2D eigenvalue weighted by molar-refractivity contribution is 0.0962. The van der Waals surface area contributed by atoms with Crippen LogP contribution in [0.4, 0.5) is 0 Å². The number of fused-ring (bicyclic) bond motifs is 1. The number of ketones is 1. The highest BCUT2D eigenvalue weighted by atomic mass is 16.1. The number of carbonyl (C=O) groups is 1. The fourth-order valence-corrected chi connectivity index (χ4v) is 4.42. The smallest absolute Gasteiger partial charge is 0.163 e.